The summed E-state index contributed by atoms with van der Waals surface area (Å²) in [6.07, 6.45) is 3.40. The monoisotopic (exact) mass is 267 g/mol. The minimum Gasteiger partial charge on any atom is -0.345 e. The van der Waals surface area contributed by atoms with Crippen molar-refractivity contribution in [1.82, 2.24) is 14.5 Å². The Morgan fingerprint density at radius 2 is 2.27 bits per heavy atom. The standard InChI is InChI=1S/C10H10BrN3O/c1-13(2)10(15)8-6-12-14-4-3-7(11)5-9(8)14/h3-6H,1-2H3. The fourth-order valence-corrected chi connectivity index (χ4v) is 1.70. The van der Waals surface area contributed by atoms with Gasteiger partial charge in [-0.15, -0.1) is 0 Å². The predicted molar refractivity (Wildman–Crippen MR) is 60.9 cm³/mol. The number of amides is 1. The van der Waals surface area contributed by atoms with E-state index in [1.165, 1.54) is 4.90 Å². The fraction of sp³-hybridized carbons (Fsp3) is 0.200. The Bertz CT molecular complexity index is 518. The van der Waals surface area contributed by atoms with Gasteiger partial charge in [-0.1, -0.05) is 15.9 Å². The van der Waals surface area contributed by atoms with Gasteiger partial charge in [0, 0.05) is 24.8 Å². The molecule has 0 spiro atoms. The molecule has 2 aromatic heterocycles. The van der Waals surface area contributed by atoms with Crippen LogP contribution in [0.5, 0.6) is 0 Å². The van der Waals surface area contributed by atoms with Crippen LogP contribution in [0.2, 0.25) is 0 Å². The molecule has 0 aliphatic carbocycles. The number of carbonyl (C=O) groups is 1. The number of hydrogen-bond donors (Lipinski definition) is 0. The Labute approximate surface area is 95.6 Å². The van der Waals surface area contributed by atoms with Crippen LogP contribution in [-0.2, 0) is 0 Å². The highest BCUT2D eigenvalue weighted by Crippen LogP contribution is 2.17. The third-order valence-corrected chi connectivity index (χ3v) is 2.61. The molecular weight excluding hydrogens is 258 g/mol. The molecule has 0 aromatic carbocycles. The number of aromatic nitrogens is 2. The van der Waals surface area contributed by atoms with Crippen molar-refractivity contribution >= 4 is 27.4 Å². The molecule has 78 valence electrons. The van der Waals surface area contributed by atoms with Crippen molar-refractivity contribution in [1.29, 1.82) is 0 Å². The van der Waals surface area contributed by atoms with Crippen LogP contribution in [0.3, 0.4) is 0 Å². The SMILES string of the molecule is CN(C)C(=O)c1cnn2ccc(Br)cc12. The molecule has 0 bridgehead atoms. The van der Waals surface area contributed by atoms with Crippen molar-refractivity contribution < 1.29 is 4.79 Å². The average molecular weight is 268 g/mol. The van der Waals surface area contributed by atoms with Gasteiger partial charge in [-0.3, -0.25) is 4.79 Å². The van der Waals surface area contributed by atoms with Crippen LogP contribution in [0.1, 0.15) is 10.4 Å². The Hall–Kier alpha value is -1.36. The van der Waals surface area contributed by atoms with Crippen LogP contribution in [0.4, 0.5) is 0 Å². The van der Waals surface area contributed by atoms with Crippen molar-refractivity contribution in [2.45, 2.75) is 0 Å². The van der Waals surface area contributed by atoms with Crippen LogP contribution in [-0.4, -0.2) is 34.5 Å². The molecule has 0 atom stereocenters. The van der Waals surface area contributed by atoms with E-state index < -0.39 is 0 Å². The highest BCUT2D eigenvalue weighted by atomic mass is 79.9. The lowest BCUT2D eigenvalue weighted by Gasteiger charge is -2.08. The predicted octanol–water partition coefficient (Wildman–Crippen LogP) is 1.80. The van der Waals surface area contributed by atoms with E-state index in [1.54, 1.807) is 24.8 Å². The highest BCUT2D eigenvalue weighted by molar-refractivity contribution is 9.10. The molecule has 0 radical (unpaired) electrons. The number of halogens is 1. The maximum Gasteiger partial charge on any atom is 0.257 e. The van der Waals surface area contributed by atoms with Gasteiger partial charge < -0.3 is 4.90 Å². The van der Waals surface area contributed by atoms with Gasteiger partial charge in [-0.25, -0.2) is 4.52 Å². The topological polar surface area (TPSA) is 37.6 Å². The Balaban J connectivity index is 2.62. The van der Waals surface area contributed by atoms with E-state index in [1.807, 2.05) is 18.3 Å². The third kappa shape index (κ3) is 1.74. The van der Waals surface area contributed by atoms with Gasteiger partial charge in [0.05, 0.1) is 17.3 Å². The van der Waals surface area contributed by atoms with Crippen molar-refractivity contribution in [3.05, 3.63) is 34.6 Å². The third-order valence-electron chi connectivity index (χ3n) is 2.12. The lowest BCUT2D eigenvalue weighted by molar-refractivity contribution is 0.0829. The fourth-order valence-electron chi connectivity index (χ4n) is 1.36. The summed E-state index contributed by atoms with van der Waals surface area (Å²) in [5.74, 6) is -0.0388. The number of carbonyl (C=O) groups excluding carboxylic acids is 1. The molecule has 4 nitrogen and oxygen atoms in total. The minimum absolute atomic E-state index is 0.0388. The zero-order chi connectivity index (χ0) is 11.0. The van der Waals surface area contributed by atoms with Gasteiger partial charge in [0.15, 0.2) is 0 Å². The molecule has 1 amide bonds. The van der Waals surface area contributed by atoms with Gasteiger partial charge in [0.25, 0.3) is 5.91 Å². The van der Waals surface area contributed by atoms with Crippen molar-refractivity contribution in [2.75, 3.05) is 14.1 Å². The van der Waals surface area contributed by atoms with Gasteiger partial charge >= 0.3 is 0 Å². The first-order valence-corrected chi connectivity index (χ1v) is 5.23. The largest absolute Gasteiger partial charge is 0.345 e. The first-order valence-electron chi connectivity index (χ1n) is 4.44. The number of rotatable bonds is 1. The summed E-state index contributed by atoms with van der Waals surface area (Å²) in [4.78, 5) is 13.3. The van der Waals surface area contributed by atoms with Gasteiger partial charge in [0.2, 0.25) is 0 Å². The van der Waals surface area contributed by atoms with E-state index in [9.17, 15) is 4.79 Å². The Morgan fingerprint density at radius 1 is 1.53 bits per heavy atom. The van der Waals surface area contributed by atoms with Crippen LogP contribution < -0.4 is 0 Å². The maximum absolute atomic E-state index is 11.8. The molecule has 0 saturated carbocycles. The summed E-state index contributed by atoms with van der Waals surface area (Å²) in [5, 5.41) is 4.11. The van der Waals surface area contributed by atoms with Crippen molar-refractivity contribution in [3.8, 4) is 0 Å². The second-order valence-corrected chi connectivity index (χ2v) is 4.35. The molecule has 5 heteroatoms. The second-order valence-electron chi connectivity index (χ2n) is 3.43. The Kier molecular flexibility index (Phi) is 2.48. The van der Waals surface area contributed by atoms with E-state index in [4.69, 9.17) is 0 Å². The van der Waals surface area contributed by atoms with Crippen LogP contribution in [0.15, 0.2) is 29.0 Å². The molecule has 2 rings (SSSR count). The highest BCUT2D eigenvalue weighted by Gasteiger charge is 2.14. The van der Waals surface area contributed by atoms with Crippen LogP contribution in [0, 0.1) is 0 Å². The molecule has 0 aliphatic heterocycles. The average Bonchev–Trinajstić information content (AvgIpc) is 2.59. The van der Waals surface area contributed by atoms with Gasteiger partial charge in [-0.05, 0) is 12.1 Å². The Morgan fingerprint density at radius 3 is 2.93 bits per heavy atom. The summed E-state index contributed by atoms with van der Waals surface area (Å²) >= 11 is 3.37. The minimum atomic E-state index is -0.0388. The number of pyridine rings is 1. The maximum atomic E-state index is 11.8. The van der Waals surface area contributed by atoms with Gasteiger partial charge in [-0.2, -0.15) is 5.10 Å². The number of fused-ring (bicyclic) bond motifs is 1. The molecule has 0 fully saturated rings. The summed E-state index contributed by atoms with van der Waals surface area (Å²) in [6.45, 7) is 0. The lowest BCUT2D eigenvalue weighted by atomic mass is 10.2. The summed E-state index contributed by atoms with van der Waals surface area (Å²) in [5.41, 5.74) is 1.42. The molecule has 2 aromatic rings. The summed E-state index contributed by atoms with van der Waals surface area (Å²) in [7, 11) is 3.45. The van der Waals surface area contributed by atoms with E-state index in [0.717, 1.165) is 9.99 Å². The summed E-state index contributed by atoms with van der Waals surface area (Å²) in [6, 6.07) is 3.76. The van der Waals surface area contributed by atoms with E-state index >= 15 is 0 Å². The summed E-state index contributed by atoms with van der Waals surface area (Å²) < 4.78 is 2.62. The zero-order valence-corrected chi connectivity index (χ0v) is 10.0. The molecule has 2 heterocycles. The van der Waals surface area contributed by atoms with E-state index in [2.05, 4.69) is 21.0 Å². The lowest BCUT2D eigenvalue weighted by Crippen LogP contribution is -2.21. The van der Waals surface area contributed by atoms with Crippen molar-refractivity contribution in [2.24, 2.45) is 0 Å². The first kappa shape index (κ1) is 10.2. The van der Waals surface area contributed by atoms with Crippen LogP contribution >= 0.6 is 15.9 Å². The number of nitrogens with zero attached hydrogens (tertiary/aromatic N) is 3. The molecule has 0 aliphatic rings. The zero-order valence-electron chi connectivity index (χ0n) is 8.44. The molecular formula is C10H10BrN3O. The first-order chi connectivity index (χ1) is 7.09. The number of hydrogen-bond acceptors (Lipinski definition) is 2. The van der Waals surface area contributed by atoms with Crippen molar-refractivity contribution in [3.63, 3.8) is 0 Å². The van der Waals surface area contributed by atoms with Gasteiger partial charge in [0.1, 0.15) is 0 Å². The van der Waals surface area contributed by atoms with E-state index in [-0.39, 0.29) is 5.91 Å². The molecule has 0 unspecified atom stereocenters. The van der Waals surface area contributed by atoms with Crippen LogP contribution in [0.25, 0.3) is 5.52 Å². The smallest absolute Gasteiger partial charge is 0.257 e. The molecule has 0 saturated heterocycles. The molecule has 15 heavy (non-hydrogen) atoms. The normalized spacial score (nSPS) is 10.6. The van der Waals surface area contributed by atoms with E-state index in [0.29, 0.717) is 5.56 Å². The second kappa shape index (κ2) is 3.66. The molecule has 0 N–H and O–H groups in total. The quantitative estimate of drug-likeness (QED) is 0.790.